The van der Waals surface area contributed by atoms with E-state index in [0.29, 0.717) is 12.5 Å². The minimum absolute atomic E-state index is 0. The van der Waals surface area contributed by atoms with Crippen LogP contribution in [0.15, 0.2) is 24.3 Å². The van der Waals surface area contributed by atoms with Crippen LogP contribution >= 0.6 is 12.4 Å². The molecule has 0 spiro atoms. The molecule has 2 atom stereocenters. The Balaban J connectivity index is 0.00000200. The number of benzene rings is 1. The largest absolute Gasteiger partial charge is 0.327 e. The van der Waals surface area contributed by atoms with Gasteiger partial charge in [0.1, 0.15) is 0 Å². The van der Waals surface area contributed by atoms with Crippen molar-refractivity contribution in [3.8, 4) is 0 Å². The number of nitrogens with one attached hydrogen (secondary N) is 1. The maximum Gasteiger partial charge on any atom is 0.238 e. The van der Waals surface area contributed by atoms with E-state index < -0.39 is 0 Å². The van der Waals surface area contributed by atoms with E-state index in [1.807, 2.05) is 31.2 Å². The Labute approximate surface area is 127 Å². The molecule has 112 valence electrons. The molecule has 5 heteroatoms. The van der Waals surface area contributed by atoms with E-state index in [0.717, 1.165) is 25.2 Å². The van der Waals surface area contributed by atoms with Crippen molar-refractivity contribution in [3.05, 3.63) is 29.8 Å². The fraction of sp³-hybridized carbons (Fsp3) is 0.533. The molecule has 1 aromatic rings. The van der Waals surface area contributed by atoms with Gasteiger partial charge in [0.05, 0.1) is 6.54 Å². The average molecular weight is 298 g/mol. The van der Waals surface area contributed by atoms with Crippen molar-refractivity contribution in [2.24, 2.45) is 11.7 Å². The highest BCUT2D eigenvalue weighted by Crippen LogP contribution is 2.15. The molecule has 3 N–H and O–H groups in total. The van der Waals surface area contributed by atoms with Crippen LogP contribution in [-0.2, 0) is 4.79 Å². The van der Waals surface area contributed by atoms with Crippen molar-refractivity contribution in [1.82, 2.24) is 4.90 Å². The molecule has 2 rings (SSSR count). The second kappa shape index (κ2) is 7.62. The number of hydrogen-bond acceptors (Lipinski definition) is 3. The molecule has 1 amide bonds. The number of nitrogens with zero attached hydrogens (tertiary/aromatic N) is 1. The Morgan fingerprint density at radius 3 is 2.65 bits per heavy atom. The summed E-state index contributed by atoms with van der Waals surface area (Å²) in [6, 6.07) is 8.13. The minimum atomic E-state index is 0. The summed E-state index contributed by atoms with van der Waals surface area (Å²) in [5, 5.41) is 2.93. The predicted molar refractivity (Wildman–Crippen MR) is 85.3 cm³/mol. The van der Waals surface area contributed by atoms with Gasteiger partial charge in [0.25, 0.3) is 0 Å². The summed E-state index contributed by atoms with van der Waals surface area (Å²) >= 11 is 0. The molecule has 0 bridgehead atoms. The summed E-state index contributed by atoms with van der Waals surface area (Å²) in [6.07, 6.45) is 0.971. The average Bonchev–Trinajstić information content (AvgIpc) is 2.37. The van der Waals surface area contributed by atoms with Crippen LogP contribution in [0.5, 0.6) is 0 Å². The minimum Gasteiger partial charge on any atom is -0.327 e. The zero-order valence-corrected chi connectivity index (χ0v) is 13.0. The molecule has 0 aliphatic carbocycles. The third-order valence-electron chi connectivity index (χ3n) is 3.76. The van der Waals surface area contributed by atoms with Crippen LogP contribution in [0.3, 0.4) is 0 Å². The molecular formula is C15H24ClN3O. The monoisotopic (exact) mass is 297 g/mol. The third kappa shape index (κ3) is 4.78. The van der Waals surface area contributed by atoms with E-state index in [2.05, 4.69) is 17.1 Å². The Morgan fingerprint density at radius 2 is 2.05 bits per heavy atom. The Bertz CT molecular complexity index is 435. The smallest absolute Gasteiger partial charge is 0.238 e. The first-order valence-corrected chi connectivity index (χ1v) is 6.89. The SMILES string of the molecule is Cc1ccc(NC(=O)CN2CCC(N)C(C)C2)cc1.Cl. The number of carbonyl (C=O) groups excluding carboxylic acids is 1. The summed E-state index contributed by atoms with van der Waals surface area (Å²) in [6.45, 7) is 6.44. The number of anilines is 1. The Hall–Kier alpha value is -1.10. The number of rotatable bonds is 3. The molecule has 1 saturated heterocycles. The van der Waals surface area contributed by atoms with Gasteiger partial charge in [0.15, 0.2) is 0 Å². The van der Waals surface area contributed by atoms with Gasteiger partial charge in [-0.05, 0) is 31.4 Å². The van der Waals surface area contributed by atoms with Crippen LogP contribution in [0.4, 0.5) is 5.69 Å². The maximum atomic E-state index is 12.0. The predicted octanol–water partition coefficient (Wildman–Crippen LogP) is 2.02. The van der Waals surface area contributed by atoms with Crippen LogP contribution in [0, 0.1) is 12.8 Å². The zero-order chi connectivity index (χ0) is 13.8. The van der Waals surface area contributed by atoms with Gasteiger partial charge in [-0.15, -0.1) is 12.4 Å². The van der Waals surface area contributed by atoms with Gasteiger partial charge in [0.2, 0.25) is 5.91 Å². The Morgan fingerprint density at radius 1 is 1.40 bits per heavy atom. The molecule has 0 radical (unpaired) electrons. The van der Waals surface area contributed by atoms with E-state index in [1.54, 1.807) is 0 Å². The highest BCUT2D eigenvalue weighted by atomic mass is 35.5. The van der Waals surface area contributed by atoms with Gasteiger partial charge in [-0.2, -0.15) is 0 Å². The highest BCUT2D eigenvalue weighted by Gasteiger charge is 2.24. The van der Waals surface area contributed by atoms with Gasteiger partial charge in [0, 0.05) is 24.8 Å². The Kier molecular flexibility index (Phi) is 6.46. The van der Waals surface area contributed by atoms with Crippen molar-refractivity contribution < 1.29 is 4.79 Å². The quantitative estimate of drug-likeness (QED) is 0.897. The molecule has 2 unspecified atom stereocenters. The lowest BCUT2D eigenvalue weighted by Gasteiger charge is -2.34. The molecule has 20 heavy (non-hydrogen) atoms. The van der Waals surface area contributed by atoms with Crippen molar-refractivity contribution in [3.63, 3.8) is 0 Å². The van der Waals surface area contributed by atoms with Gasteiger partial charge >= 0.3 is 0 Å². The fourth-order valence-electron chi connectivity index (χ4n) is 2.43. The standard InChI is InChI=1S/C15H23N3O.ClH/c1-11-3-5-13(6-4-11)17-15(19)10-18-8-7-14(16)12(2)9-18;/h3-6,12,14H,7-10,16H2,1-2H3,(H,17,19);1H. The molecule has 1 fully saturated rings. The zero-order valence-electron chi connectivity index (χ0n) is 12.1. The van der Waals surface area contributed by atoms with E-state index in [1.165, 1.54) is 5.56 Å². The number of likely N-dealkylation sites (tertiary alicyclic amines) is 1. The normalized spacial score (nSPS) is 22.9. The lowest BCUT2D eigenvalue weighted by Crippen LogP contribution is -2.48. The van der Waals surface area contributed by atoms with Crippen molar-refractivity contribution in [1.29, 1.82) is 0 Å². The maximum absolute atomic E-state index is 12.0. The first-order chi connectivity index (χ1) is 9.04. The van der Waals surface area contributed by atoms with E-state index >= 15 is 0 Å². The summed E-state index contributed by atoms with van der Waals surface area (Å²) in [7, 11) is 0. The van der Waals surface area contributed by atoms with E-state index in [-0.39, 0.29) is 24.4 Å². The number of amides is 1. The molecule has 0 saturated carbocycles. The molecule has 0 aromatic heterocycles. The second-order valence-corrected chi connectivity index (χ2v) is 5.58. The van der Waals surface area contributed by atoms with Gasteiger partial charge < -0.3 is 11.1 Å². The van der Waals surface area contributed by atoms with Crippen LogP contribution in [-0.4, -0.2) is 36.5 Å². The molecule has 1 aromatic carbocycles. The highest BCUT2D eigenvalue weighted by molar-refractivity contribution is 5.92. The molecule has 1 heterocycles. The molecule has 4 nitrogen and oxygen atoms in total. The number of nitrogens with two attached hydrogens (primary N) is 1. The number of hydrogen-bond donors (Lipinski definition) is 2. The van der Waals surface area contributed by atoms with Crippen molar-refractivity contribution >= 4 is 24.0 Å². The number of aryl methyl sites for hydroxylation is 1. The van der Waals surface area contributed by atoms with Gasteiger partial charge in [-0.25, -0.2) is 0 Å². The van der Waals surface area contributed by atoms with Crippen molar-refractivity contribution in [2.45, 2.75) is 26.3 Å². The van der Waals surface area contributed by atoms with Crippen LogP contribution in [0.2, 0.25) is 0 Å². The van der Waals surface area contributed by atoms with Crippen molar-refractivity contribution in [2.75, 3.05) is 25.0 Å². The van der Waals surface area contributed by atoms with Gasteiger partial charge in [-0.3, -0.25) is 9.69 Å². The topological polar surface area (TPSA) is 58.4 Å². The lowest BCUT2D eigenvalue weighted by atomic mass is 9.95. The number of carbonyl (C=O) groups is 1. The van der Waals surface area contributed by atoms with Gasteiger partial charge in [-0.1, -0.05) is 24.6 Å². The first kappa shape index (κ1) is 17.0. The van der Waals surface area contributed by atoms with Crippen LogP contribution in [0.25, 0.3) is 0 Å². The summed E-state index contributed by atoms with van der Waals surface area (Å²) < 4.78 is 0. The number of piperidine rings is 1. The first-order valence-electron chi connectivity index (χ1n) is 6.89. The summed E-state index contributed by atoms with van der Waals surface area (Å²) in [5.41, 5.74) is 8.03. The number of halogens is 1. The summed E-state index contributed by atoms with van der Waals surface area (Å²) in [5.74, 6) is 0.507. The molecule has 1 aliphatic heterocycles. The molecular weight excluding hydrogens is 274 g/mol. The van der Waals surface area contributed by atoms with E-state index in [4.69, 9.17) is 5.73 Å². The lowest BCUT2D eigenvalue weighted by molar-refractivity contribution is -0.117. The molecule has 1 aliphatic rings. The van der Waals surface area contributed by atoms with E-state index in [9.17, 15) is 4.79 Å². The van der Waals surface area contributed by atoms with Crippen LogP contribution in [0.1, 0.15) is 18.9 Å². The third-order valence-corrected chi connectivity index (χ3v) is 3.76. The second-order valence-electron chi connectivity index (χ2n) is 5.58. The summed E-state index contributed by atoms with van der Waals surface area (Å²) in [4.78, 5) is 14.1. The fourth-order valence-corrected chi connectivity index (χ4v) is 2.43. The van der Waals surface area contributed by atoms with Crippen LogP contribution < -0.4 is 11.1 Å².